The predicted octanol–water partition coefficient (Wildman–Crippen LogP) is 2.29. The average Bonchev–Trinajstić information content (AvgIpc) is 3.46. The molecular weight excluding hydrogens is 366 g/mol. The summed E-state index contributed by atoms with van der Waals surface area (Å²) in [5.41, 5.74) is 1.30. The Kier molecular flexibility index (Phi) is 8.12. The fourth-order valence-electron chi connectivity index (χ4n) is 3.53. The van der Waals surface area contributed by atoms with Crippen molar-refractivity contribution in [1.82, 2.24) is 20.9 Å². The molecule has 2 heterocycles. The first-order chi connectivity index (χ1) is 14.3. The SMILES string of the molecule is CCNC(=NCC(=O)NCc1ccco1)NCC(c1ccccc1)N1CCCC1. The van der Waals surface area contributed by atoms with Gasteiger partial charge in [-0.3, -0.25) is 9.69 Å². The fraction of sp³-hybridized carbons (Fsp3) is 0.455. The molecule has 1 aliphatic rings. The summed E-state index contributed by atoms with van der Waals surface area (Å²) in [4.78, 5) is 19.0. The van der Waals surface area contributed by atoms with Crippen molar-refractivity contribution in [2.24, 2.45) is 4.99 Å². The molecule has 1 unspecified atom stereocenters. The van der Waals surface area contributed by atoms with Crippen molar-refractivity contribution in [3.63, 3.8) is 0 Å². The molecule has 0 bridgehead atoms. The van der Waals surface area contributed by atoms with Gasteiger partial charge < -0.3 is 20.4 Å². The second-order valence-electron chi connectivity index (χ2n) is 7.10. The molecule has 1 fully saturated rings. The number of aliphatic imine (C=N–C) groups is 1. The lowest BCUT2D eigenvalue weighted by molar-refractivity contribution is -0.119. The number of nitrogens with zero attached hydrogens (tertiary/aromatic N) is 2. The van der Waals surface area contributed by atoms with Crippen LogP contribution >= 0.6 is 0 Å². The lowest BCUT2D eigenvalue weighted by atomic mass is 10.1. The minimum atomic E-state index is -0.141. The average molecular weight is 398 g/mol. The third-order valence-corrected chi connectivity index (χ3v) is 4.99. The first-order valence-electron chi connectivity index (χ1n) is 10.4. The van der Waals surface area contributed by atoms with E-state index < -0.39 is 0 Å². The largest absolute Gasteiger partial charge is 0.467 e. The molecule has 156 valence electrons. The molecule has 3 N–H and O–H groups in total. The van der Waals surface area contributed by atoms with E-state index in [1.54, 1.807) is 12.3 Å². The van der Waals surface area contributed by atoms with Gasteiger partial charge in [-0.2, -0.15) is 0 Å². The summed E-state index contributed by atoms with van der Waals surface area (Å²) in [7, 11) is 0. The van der Waals surface area contributed by atoms with E-state index in [9.17, 15) is 4.79 Å². The molecule has 0 radical (unpaired) electrons. The summed E-state index contributed by atoms with van der Waals surface area (Å²) in [5, 5.41) is 9.46. The Bertz CT molecular complexity index is 755. The number of hydrogen-bond acceptors (Lipinski definition) is 4. The molecule has 3 rings (SSSR count). The van der Waals surface area contributed by atoms with Crippen LogP contribution in [0.1, 0.15) is 37.1 Å². The molecule has 1 aromatic heterocycles. The summed E-state index contributed by atoms with van der Waals surface area (Å²) >= 11 is 0. The molecule has 1 aromatic carbocycles. The minimum Gasteiger partial charge on any atom is -0.467 e. The van der Waals surface area contributed by atoms with Crippen molar-refractivity contribution < 1.29 is 9.21 Å². The van der Waals surface area contributed by atoms with E-state index in [0.29, 0.717) is 12.5 Å². The number of nitrogens with one attached hydrogen (secondary N) is 3. The first kappa shape index (κ1) is 20.9. The van der Waals surface area contributed by atoms with E-state index >= 15 is 0 Å². The van der Waals surface area contributed by atoms with Gasteiger partial charge in [0, 0.05) is 13.1 Å². The maximum Gasteiger partial charge on any atom is 0.242 e. The third-order valence-electron chi connectivity index (χ3n) is 4.99. The Morgan fingerprint density at radius 1 is 1.10 bits per heavy atom. The van der Waals surface area contributed by atoms with Crippen LogP contribution in [0.25, 0.3) is 0 Å². The van der Waals surface area contributed by atoms with Crippen molar-refractivity contribution in [2.75, 3.05) is 32.7 Å². The molecule has 0 saturated carbocycles. The highest BCUT2D eigenvalue weighted by Crippen LogP contribution is 2.24. The molecular formula is C22H31N5O2. The number of carbonyl (C=O) groups excluding carboxylic acids is 1. The van der Waals surface area contributed by atoms with Gasteiger partial charge in [-0.25, -0.2) is 4.99 Å². The van der Waals surface area contributed by atoms with E-state index in [1.807, 2.05) is 19.1 Å². The Morgan fingerprint density at radius 2 is 1.90 bits per heavy atom. The van der Waals surface area contributed by atoms with Crippen LogP contribution in [0.15, 0.2) is 58.1 Å². The quantitative estimate of drug-likeness (QED) is 0.447. The van der Waals surface area contributed by atoms with Crippen LogP contribution in [-0.2, 0) is 11.3 Å². The van der Waals surface area contributed by atoms with Gasteiger partial charge in [-0.15, -0.1) is 0 Å². The number of likely N-dealkylation sites (tertiary alicyclic amines) is 1. The van der Waals surface area contributed by atoms with Gasteiger partial charge in [0.05, 0.1) is 18.8 Å². The van der Waals surface area contributed by atoms with E-state index in [4.69, 9.17) is 4.42 Å². The lowest BCUT2D eigenvalue weighted by Gasteiger charge is -2.29. The number of furan rings is 1. The molecule has 29 heavy (non-hydrogen) atoms. The van der Waals surface area contributed by atoms with E-state index in [1.165, 1.54) is 18.4 Å². The van der Waals surface area contributed by atoms with Crippen LogP contribution in [0.2, 0.25) is 0 Å². The smallest absolute Gasteiger partial charge is 0.242 e. The Balaban J connectivity index is 1.56. The molecule has 0 spiro atoms. The Morgan fingerprint density at radius 3 is 2.59 bits per heavy atom. The van der Waals surface area contributed by atoms with Crippen LogP contribution in [0.4, 0.5) is 0 Å². The van der Waals surface area contributed by atoms with Gasteiger partial charge in [0.2, 0.25) is 5.91 Å². The second kappa shape index (κ2) is 11.3. The molecule has 1 saturated heterocycles. The summed E-state index contributed by atoms with van der Waals surface area (Å²) < 4.78 is 5.22. The highest BCUT2D eigenvalue weighted by molar-refractivity contribution is 5.84. The van der Waals surface area contributed by atoms with Crippen LogP contribution < -0.4 is 16.0 Å². The van der Waals surface area contributed by atoms with E-state index in [0.717, 1.165) is 31.9 Å². The van der Waals surface area contributed by atoms with Gasteiger partial charge >= 0.3 is 0 Å². The second-order valence-corrected chi connectivity index (χ2v) is 7.10. The lowest BCUT2D eigenvalue weighted by Crippen LogP contribution is -2.43. The molecule has 7 heteroatoms. The van der Waals surface area contributed by atoms with Gasteiger partial charge in [0.1, 0.15) is 12.3 Å². The van der Waals surface area contributed by atoms with Crippen molar-refractivity contribution in [1.29, 1.82) is 0 Å². The zero-order valence-corrected chi connectivity index (χ0v) is 17.1. The molecule has 1 aliphatic heterocycles. The highest BCUT2D eigenvalue weighted by Gasteiger charge is 2.23. The Hall–Kier alpha value is -2.80. The molecule has 2 aromatic rings. The summed E-state index contributed by atoms with van der Waals surface area (Å²) in [6.45, 7) is 6.16. The number of amides is 1. The van der Waals surface area contributed by atoms with Crippen LogP contribution in [0.5, 0.6) is 0 Å². The number of hydrogen-bond donors (Lipinski definition) is 3. The monoisotopic (exact) mass is 397 g/mol. The Labute approximate surface area is 172 Å². The summed E-state index contributed by atoms with van der Waals surface area (Å²) in [6, 6.07) is 14.5. The minimum absolute atomic E-state index is 0.0652. The molecule has 0 aliphatic carbocycles. The van der Waals surface area contributed by atoms with Crippen LogP contribution in [0.3, 0.4) is 0 Å². The van der Waals surface area contributed by atoms with Crippen LogP contribution in [0, 0.1) is 0 Å². The highest BCUT2D eigenvalue weighted by atomic mass is 16.3. The van der Waals surface area contributed by atoms with Gasteiger partial charge in [0.25, 0.3) is 0 Å². The zero-order chi connectivity index (χ0) is 20.3. The zero-order valence-electron chi connectivity index (χ0n) is 17.1. The third kappa shape index (κ3) is 6.64. The number of benzene rings is 1. The van der Waals surface area contributed by atoms with Gasteiger partial charge in [-0.05, 0) is 50.6 Å². The van der Waals surface area contributed by atoms with Gasteiger partial charge in [0.15, 0.2) is 5.96 Å². The fourth-order valence-corrected chi connectivity index (χ4v) is 3.53. The summed E-state index contributed by atoms with van der Waals surface area (Å²) in [6.07, 6.45) is 4.08. The van der Waals surface area contributed by atoms with E-state index in [-0.39, 0.29) is 18.5 Å². The van der Waals surface area contributed by atoms with E-state index in [2.05, 4.69) is 50.1 Å². The number of rotatable bonds is 9. The normalized spacial score (nSPS) is 15.8. The van der Waals surface area contributed by atoms with Crippen molar-refractivity contribution in [3.8, 4) is 0 Å². The predicted molar refractivity (Wildman–Crippen MR) is 115 cm³/mol. The van der Waals surface area contributed by atoms with Crippen molar-refractivity contribution >= 4 is 11.9 Å². The van der Waals surface area contributed by atoms with Crippen molar-refractivity contribution in [3.05, 3.63) is 60.1 Å². The van der Waals surface area contributed by atoms with Crippen LogP contribution in [-0.4, -0.2) is 49.5 Å². The van der Waals surface area contributed by atoms with Gasteiger partial charge in [-0.1, -0.05) is 30.3 Å². The van der Waals surface area contributed by atoms with Crippen molar-refractivity contribution in [2.45, 2.75) is 32.4 Å². The maximum absolute atomic E-state index is 12.1. The maximum atomic E-state index is 12.1. The standard InChI is InChI=1S/C22H31N5O2/c1-2-23-22(26-17-21(28)24-15-19-11-8-14-29-19)25-16-20(27-12-6-7-13-27)18-9-4-3-5-10-18/h3-5,8-11,14,20H,2,6-7,12-13,15-17H2,1H3,(H,24,28)(H2,23,25,26). The molecule has 1 amide bonds. The molecule has 1 atom stereocenters. The molecule has 7 nitrogen and oxygen atoms in total. The summed E-state index contributed by atoms with van der Waals surface area (Å²) in [5.74, 6) is 1.24. The number of guanidine groups is 1. The number of carbonyl (C=O) groups is 1. The topological polar surface area (TPSA) is 81.9 Å². The first-order valence-corrected chi connectivity index (χ1v) is 10.4.